The summed E-state index contributed by atoms with van der Waals surface area (Å²) in [5.74, 6) is -0.0420. The highest BCUT2D eigenvalue weighted by Crippen LogP contribution is 2.25. The Morgan fingerprint density at radius 1 is 1.07 bits per heavy atom. The zero-order chi connectivity index (χ0) is 20.1. The number of benzene rings is 2. The third-order valence-corrected chi connectivity index (χ3v) is 4.79. The third-order valence-electron chi connectivity index (χ3n) is 4.79. The lowest BCUT2D eigenvalue weighted by Crippen LogP contribution is -2.39. The Morgan fingerprint density at radius 3 is 2.29 bits per heavy atom. The van der Waals surface area contributed by atoms with Gasteiger partial charge >= 0.3 is 0 Å². The van der Waals surface area contributed by atoms with E-state index in [0.717, 1.165) is 11.1 Å². The van der Waals surface area contributed by atoms with Gasteiger partial charge < -0.3 is 10.6 Å². The Balaban J connectivity index is 1.95. The average Bonchev–Trinajstić information content (AvgIpc) is 3.12. The molecular weight excluding hydrogens is 348 g/mol. The van der Waals surface area contributed by atoms with E-state index in [1.54, 1.807) is 4.90 Å². The molecule has 0 atom stereocenters. The van der Waals surface area contributed by atoms with Crippen LogP contribution < -0.4 is 5.73 Å². The average molecular weight is 377 g/mol. The van der Waals surface area contributed by atoms with E-state index in [-0.39, 0.29) is 11.3 Å². The number of rotatable bonds is 7. The summed E-state index contributed by atoms with van der Waals surface area (Å²) in [5.41, 5.74) is 9.10. The van der Waals surface area contributed by atoms with E-state index in [2.05, 4.69) is 26.0 Å². The number of carbonyl (C=O) groups is 1. The summed E-state index contributed by atoms with van der Waals surface area (Å²) in [7, 11) is 1.82. The molecule has 28 heavy (non-hydrogen) atoms. The quantitative estimate of drug-likeness (QED) is 0.684. The van der Waals surface area contributed by atoms with Gasteiger partial charge in [0.2, 0.25) is 0 Å². The number of aromatic nitrogens is 2. The molecule has 0 aliphatic rings. The smallest absolute Gasteiger partial charge is 0.257 e. The number of amides is 1. The van der Waals surface area contributed by atoms with E-state index < -0.39 is 0 Å². The second-order valence-electron chi connectivity index (χ2n) is 7.97. The van der Waals surface area contributed by atoms with Crippen LogP contribution >= 0.6 is 0 Å². The molecule has 1 amide bonds. The first-order valence-corrected chi connectivity index (χ1v) is 9.52. The first-order chi connectivity index (χ1) is 13.4. The Labute approximate surface area is 166 Å². The molecule has 1 heterocycles. The van der Waals surface area contributed by atoms with Gasteiger partial charge in [0.25, 0.3) is 5.91 Å². The predicted octanol–water partition coefficient (Wildman–Crippen LogP) is 3.66. The molecule has 3 rings (SSSR count). The maximum absolute atomic E-state index is 13.2. The van der Waals surface area contributed by atoms with Crippen molar-refractivity contribution in [3.05, 3.63) is 78.0 Å². The van der Waals surface area contributed by atoms with Crippen molar-refractivity contribution in [2.75, 3.05) is 20.1 Å². The Morgan fingerprint density at radius 2 is 1.68 bits per heavy atom. The second-order valence-corrected chi connectivity index (χ2v) is 7.97. The molecule has 3 aromatic rings. The predicted molar refractivity (Wildman–Crippen MR) is 113 cm³/mol. The van der Waals surface area contributed by atoms with E-state index in [9.17, 15) is 4.79 Å². The topological polar surface area (TPSA) is 64.2 Å². The van der Waals surface area contributed by atoms with Gasteiger partial charge in [-0.05, 0) is 17.5 Å². The van der Waals surface area contributed by atoms with Gasteiger partial charge in [0.05, 0.1) is 12.1 Å². The molecule has 5 nitrogen and oxygen atoms in total. The van der Waals surface area contributed by atoms with E-state index in [1.165, 1.54) is 0 Å². The molecule has 0 saturated heterocycles. The maximum atomic E-state index is 13.2. The van der Waals surface area contributed by atoms with Crippen molar-refractivity contribution in [2.24, 2.45) is 11.1 Å². The van der Waals surface area contributed by atoms with Crippen molar-refractivity contribution < 1.29 is 4.79 Å². The normalized spacial score (nSPS) is 11.4. The zero-order valence-electron chi connectivity index (χ0n) is 16.8. The summed E-state index contributed by atoms with van der Waals surface area (Å²) in [4.78, 5) is 15.0. The first kappa shape index (κ1) is 19.8. The summed E-state index contributed by atoms with van der Waals surface area (Å²) in [6.45, 7) is 5.84. The Hall–Kier alpha value is -2.92. The van der Waals surface area contributed by atoms with Crippen LogP contribution in [-0.2, 0) is 6.54 Å². The molecule has 0 aliphatic heterocycles. The lowest BCUT2D eigenvalue weighted by atomic mass is 9.93. The highest BCUT2D eigenvalue weighted by atomic mass is 16.2. The second kappa shape index (κ2) is 8.40. The summed E-state index contributed by atoms with van der Waals surface area (Å²) < 4.78 is 1.84. The lowest BCUT2D eigenvalue weighted by Gasteiger charge is -2.29. The summed E-state index contributed by atoms with van der Waals surface area (Å²) in [5, 5.41) is 4.74. The standard InChI is InChI=1S/C23H28N4O/c1-23(2,16-24)17-26(3)22(28)20-15-27(14-18-10-6-4-7-11-18)25-21(20)19-12-8-5-9-13-19/h4-13,15H,14,16-17,24H2,1-3H3. The minimum atomic E-state index is -0.142. The molecule has 0 unspecified atom stereocenters. The Kier molecular flexibility index (Phi) is 5.95. The fourth-order valence-corrected chi connectivity index (χ4v) is 3.22. The molecule has 5 heteroatoms. The molecule has 0 spiro atoms. The van der Waals surface area contributed by atoms with Crippen molar-refractivity contribution in [1.82, 2.24) is 14.7 Å². The first-order valence-electron chi connectivity index (χ1n) is 9.52. The van der Waals surface area contributed by atoms with E-state index in [4.69, 9.17) is 10.8 Å². The maximum Gasteiger partial charge on any atom is 0.257 e. The third kappa shape index (κ3) is 4.67. The van der Waals surface area contributed by atoms with Gasteiger partial charge in [-0.3, -0.25) is 9.48 Å². The number of hydrogen-bond acceptors (Lipinski definition) is 3. The van der Waals surface area contributed by atoms with Crippen LogP contribution in [0, 0.1) is 5.41 Å². The summed E-state index contributed by atoms with van der Waals surface area (Å²) in [6.07, 6.45) is 1.85. The molecular formula is C23H28N4O. The molecule has 0 fully saturated rings. The van der Waals surface area contributed by atoms with E-state index in [1.807, 2.05) is 66.5 Å². The minimum absolute atomic E-state index is 0.0420. The highest BCUT2D eigenvalue weighted by Gasteiger charge is 2.25. The Bertz CT molecular complexity index is 916. The summed E-state index contributed by atoms with van der Waals surface area (Å²) in [6, 6.07) is 20.0. The number of hydrogen-bond donors (Lipinski definition) is 1. The molecule has 0 bridgehead atoms. The number of carbonyl (C=O) groups excluding carboxylic acids is 1. The molecule has 1 aromatic heterocycles. The van der Waals surface area contributed by atoms with Crippen LogP contribution in [0.3, 0.4) is 0 Å². The van der Waals surface area contributed by atoms with Gasteiger partial charge in [-0.1, -0.05) is 74.5 Å². The number of nitrogens with zero attached hydrogens (tertiary/aromatic N) is 3. The van der Waals surface area contributed by atoms with Gasteiger partial charge in [0.1, 0.15) is 5.69 Å². The monoisotopic (exact) mass is 376 g/mol. The van der Waals surface area contributed by atoms with Crippen LogP contribution in [0.25, 0.3) is 11.3 Å². The van der Waals surface area contributed by atoms with Gasteiger partial charge in [0, 0.05) is 25.4 Å². The van der Waals surface area contributed by atoms with Crippen LogP contribution in [0.15, 0.2) is 66.9 Å². The molecule has 0 radical (unpaired) electrons. The van der Waals surface area contributed by atoms with Gasteiger partial charge in [-0.25, -0.2) is 0 Å². The highest BCUT2D eigenvalue weighted by molar-refractivity contribution is 5.99. The zero-order valence-corrected chi connectivity index (χ0v) is 16.8. The van der Waals surface area contributed by atoms with Crippen molar-refractivity contribution in [3.8, 4) is 11.3 Å². The SMILES string of the molecule is CN(CC(C)(C)CN)C(=O)c1cn(Cc2ccccc2)nc1-c1ccccc1. The molecule has 0 saturated carbocycles. The van der Waals surface area contributed by atoms with E-state index in [0.29, 0.717) is 30.9 Å². The van der Waals surface area contributed by atoms with Crippen LogP contribution in [0.5, 0.6) is 0 Å². The van der Waals surface area contributed by atoms with Crippen LogP contribution in [0.4, 0.5) is 0 Å². The van der Waals surface area contributed by atoms with Crippen molar-refractivity contribution in [2.45, 2.75) is 20.4 Å². The lowest BCUT2D eigenvalue weighted by molar-refractivity contribution is 0.0741. The fraction of sp³-hybridized carbons (Fsp3) is 0.304. The van der Waals surface area contributed by atoms with Gasteiger partial charge in [-0.15, -0.1) is 0 Å². The van der Waals surface area contributed by atoms with Crippen molar-refractivity contribution in [3.63, 3.8) is 0 Å². The largest absolute Gasteiger partial charge is 0.341 e. The minimum Gasteiger partial charge on any atom is -0.341 e. The van der Waals surface area contributed by atoms with Crippen molar-refractivity contribution in [1.29, 1.82) is 0 Å². The van der Waals surface area contributed by atoms with Gasteiger partial charge in [0.15, 0.2) is 0 Å². The van der Waals surface area contributed by atoms with Crippen molar-refractivity contribution >= 4 is 5.91 Å². The van der Waals surface area contributed by atoms with E-state index >= 15 is 0 Å². The molecule has 146 valence electrons. The molecule has 2 aromatic carbocycles. The fourth-order valence-electron chi connectivity index (χ4n) is 3.22. The number of nitrogens with two attached hydrogens (primary N) is 1. The van der Waals surface area contributed by atoms with Gasteiger partial charge in [-0.2, -0.15) is 5.10 Å². The summed E-state index contributed by atoms with van der Waals surface area (Å²) >= 11 is 0. The van der Waals surface area contributed by atoms with Crippen LogP contribution in [0.1, 0.15) is 29.8 Å². The van der Waals surface area contributed by atoms with Crippen LogP contribution in [-0.4, -0.2) is 40.7 Å². The molecule has 2 N–H and O–H groups in total. The molecule has 0 aliphatic carbocycles. The van der Waals surface area contributed by atoms with Crippen LogP contribution in [0.2, 0.25) is 0 Å².